The molecule has 0 aliphatic carbocycles. The molecule has 1 rings (SSSR count). The zero-order valence-electron chi connectivity index (χ0n) is 9.16. The fraction of sp³-hybridized carbons (Fsp3) is 0.400. The molecule has 2 atom stereocenters. The van der Waals surface area contributed by atoms with E-state index in [0.717, 1.165) is 12.1 Å². The van der Waals surface area contributed by atoms with Crippen molar-refractivity contribution in [3.63, 3.8) is 0 Å². The van der Waals surface area contributed by atoms with E-state index in [-0.39, 0.29) is 18.0 Å². The van der Waals surface area contributed by atoms with Crippen molar-refractivity contribution in [3.05, 3.63) is 35.4 Å². The molecular weight excluding hydrogens is 300 g/mol. The van der Waals surface area contributed by atoms with Crippen molar-refractivity contribution in [1.82, 2.24) is 0 Å². The maximum absolute atomic E-state index is 12.2. The van der Waals surface area contributed by atoms with Gasteiger partial charge in [0, 0.05) is 0 Å². The molecule has 0 aliphatic heterocycles. The predicted octanol–water partition coefficient (Wildman–Crippen LogP) is 3.05. The molecule has 0 aromatic heterocycles. The van der Waals surface area contributed by atoms with Crippen LogP contribution >= 0.6 is 12.4 Å². The van der Waals surface area contributed by atoms with Gasteiger partial charge in [0.1, 0.15) is 0 Å². The molecule has 0 saturated heterocycles. The first kappa shape index (κ1) is 18.0. The van der Waals surface area contributed by atoms with Gasteiger partial charge in [0.05, 0.1) is 11.6 Å². The highest BCUT2D eigenvalue weighted by Gasteiger charge is 2.42. The molecule has 0 amide bonds. The van der Waals surface area contributed by atoms with Crippen LogP contribution in [0.4, 0.5) is 26.3 Å². The first-order chi connectivity index (χ1) is 8.03. The standard InChI is InChI=1S/C10H9F6NO.ClH/c11-9(12,13)6-3-1-5(2-4-6)7(17)8(18)10(14,15)16;/h1-4,7-8,18H,17H2;1H/t7-,8-;/m0./s1. The Kier molecular flexibility index (Phi) is 5.66. The van der Waals surface area contributed by atoms with E-state index in [1.54, 1.807) is 0 Å². The zero-order valence-corrected chi connectivity index (χ0v) is 9.98. The number of halogens is 7. The number of aliphatic hydroxyl groups is 1. The van der Waals surface area contributed by atoms with E-state index < -0.39 is 30.1 Å². The van der Waals surface area contributed by atoms with Crippen molar-refractivity contribution in [1.29, 1.82) is 0 Å². The minimum atomic E-state index is -4.93. The fourth-order valence-electron chi connectivity index (χ4n) is 1.28. The van der Waals surface area contributed by atoms with Crippen LogP contribution in [0, 0.1) is 0 Å². The highest BCUT2D eigenvalue weighted by Crippen LogP contribution is 2.32. The summed E-state index contributed by atoms with van der Waals surface area (Å²) in [7, 11) is 0. The first-order valence-corrected chi connectivity index (χ1v) is 4.71. The third kappa shape index (κ3) is 4.55. The van der Waals surface area contributed by atoms with E-state index in [0.29, 0.717) is 12.1 Å². The number of nitrogens with two attached hydrogens (primary N) is 1. The summed E-state index contributed by atoms with van der Waals surface area (Å²) in [5, 5.41) is 8.86. The van der Waals surface area contributed by atoms with Crippen LogP contribution in [0.15, 0.2) is 24.3 Å². The summed E-state index contributed by atoms with van der Waals surface area (Å²) in [6, 6.07) is 1.01. The van der Waals surface area contributed by atoms with Crippen molar-refractivity contribution in [3.8, 4) is 0 Å². The minimum Gasteiger partial charge on any atom is -0.382 e. The lowest BCUT2D eigenvalue weighted by molar-refractivity contribution is -0.210. The second-order valence-electron chi connectivity index (χ2n) is 3.63. The van der Waals surface area contributed by atoms with E-state index in [4.69, 9.17) is 10.8 Å². The molecule has 0 fully saturated rings. The lowest BCUT2D eigenvalue weighted by Crippen LogP contribution is -2.38. The van der Waals surface area contributed by atoms with Gasteiger partial charge in [0.15, 0.2) is 6.10 Å². The van der Waals surface area contributed by atoms with Crippen LogP contribution in [0.5, 0.6) is 0 Å². The van der Waals surface area contributed by atoms with Crippen LogP contribution < -0.4 is 5.73 Å². The summed E-state index contributed by atoms with van der Waals surface area (Å²) < 4.78 is 73.1. The molecular formula is C10H10ClF6NO. The van der Waals surface area contributed by atoms with Gasteiger partial charge in [-0.15, -0.1) is 12.4 Å². The number of hydrogen-bond donors (Lipinski definition) is 2. The van der Waals surface area contributed by atoms with E-state index in [1.807, 2.05) is 0 Å². The molecule has 0 bridgehead atoms. The molecule has 0 unspecified atom stereocenters. The van der Waals surface area contributed by atoms with Crippen molar-refractivity contribution in [2.75, 3.05) is 0 Å². The molecule has 110 valence electrons. The van der Waals surface area contributed by atoms with Crippen LogP contribution in [-0.4, -0.2) is 17.4 Å². The van der Waals surface area contributed by atoms with Gasteiger partial charge in [-0.25, -0.2) is 0 Å². The van der Waals surface area contributed by atoms with Crippen LogP contribution in [0.2, 0.25) is 0 Å². The Labute approximate surface area is 110 Å². The summed E-state index contributed by atoms with van der Waals surface area (Å²) in [6.07, 6.45) is -12.3. The van der Waals surface area contributed by atoms with Gasteiger partial charge >= 0.3 is 12.4 Å². The lowest BCUT2D eigenvalue weighted by Gasteiger charge is -2.21. The molecule has 9 heteroatoms. The molecule has 19 heavy (non-hydrogen) atoms. The van der Waals surface area contributed by atoms with E-state index >= 15 is 0 Å². The summed E-state index contributed by atoms with van der Waals surface area (Å²) >= 11 is 0. The summed E-state index contributed by atoms with van der Waals surface area (Å²) in [5.41, 5.74) is 3.90. The molecule has 1 aromatic rings. The second kappa shape index (κ2) is 5.98. The SMILES string of the molecule is Cl.N[C@@H](c1ccc(C(F)(F)F)cc1)[C@H](O)C(F)(F)F. The topological polar surface area (TPSA) is 46.2 Å². The highest BCUT2D eigenvalue weighted by molar-refractivity contribution is 5.85. The van der Waals surface area contributed by atoms with Crippen LogP contribution in [0.3, 0.4) is 0 Å². The summed E-state index contributed by atoms with van der Waals surface area (Å²) in [6.45, 7) is 0. The smallest absolute Gasteiger partial charge is 0.382 e. The van der Waals surface area contributed by atoms with Crippen molar-refractivity contribution in [2.45, 2.75) is 24.5 Å². The van der Waals surface area contributed by atoms with Gasteiger partial charge in [-0.05, 0) is 17.7 Å². The summed E-state index contributed by atoms with van der Waals surface area (Å²) in [5.74, 6) is 0. The average molecular weight is 310 g/mol. The number of alkyl halides is 6. The third-order valence-electron chi connectivity index (χ3n) is 2.30. The molecule has 3 N–H and O–H groups in total. The Bertz CT molecular complexity index is 402. The molecule has 2 nitrogen and oxygen atoms in total. The van der Waals surface area contributed by atoms with Gasteiger partial charge in [0.2, 0.25) is 0 Å². The Morgan fingerprint density at radius 2 is 1.37 bits per heavy atom. The Balaban J connectivity index is 0.00000324. The largest absolute Gasteiger partial charge is 0.416 e. The number of hydrogen-bond acceptors (Lipinski definition) is 2. The zero-order chi connectivity index (χ0) is 14.1. The first-order valence-electron chi connectivity index (χ1n) is 4.71. The maximum Gasteiger partial charge on any atom is 0.416 e. The number of benzene rings is 1. The van der Waals surface area contributed by atoms with E-state index in [1.165, 1.54) is 0 Å². The molecule has 1 aromatic carbocycles. The Morgan fingerprint density at radius 1 is 0.947 bits per heavy atom. The second-order valence-corrected chi connectivity index (χ2v) is 3.63. The van der Waals surface area contributed by atoms with Crippen molar-refractivity contribution < 1.29 is 31.4 Å². The van der Waals surface area contributed by atoms with E-state index in [2.05, 4.69) is 0 Å². The monoisotopic (exact) mass is 309 g/mol. The Morgan fingerprint density at radius 3 is 1.68 bits per heavy atom. The van der Waals surface area contributed by atoms with Gasteiger partial charge in [-0.3, -0.25) is 0 Å². The third-order valence-corrected chi connectivity index (χ3v) is 2.30. The van der Waals surface area contributed by atoms with Crippen LogP contribution in [0.25, 0.3) is 0 Å². The number of rotatable bonds is 2. The van der Waals surface area contributed by atoms with Crippen LogP contribution in [0.1, 0.15) is 17.2 Å². The predicted molar refractivity (Wildman–Crippen MR) is 57.7 cm³/mol. The molecule has 0 heterocycles. The van der Waals surface area contributed by atoms with Crippen LogP contribution in [-0.2, 0) is 6.18 Å². The normalized spacial score (nSPS) is 15.6. The average Bonchev–Trinajstić information content (AvgIpc) is 2.25. The fourth-order valence-corrected chi connectivity index (χ4v) is 1.28. The number of aliphatic hydroxyl groups excluding tert-OH is 1. The van der Waals surface area contributed by atoms with Gasteiger partial charge in [0.25, 0.3) is 0 Å². The molecule has 0 spiro atoms. The van der Waals surface area contributed by atoms with Crippen molar-refractivity contribution in [2.24, 2.45) is 5.73 Å². The van der Waals surface area contributed by atoms with Crippen molar-refractivity contribution >= 4 is 12.4 Å². The molecule has 0 saturated carbocycles. The molecule has 0 aliphatic rings. The quantitative estimate of drug-likeness (QED) is 0.825. The molecule has 0 radical (unpaired) electrons. The summed E-state index contributed by atoms with van der Waals surface area (Å²) in [4.78, 5) is 0. The highest BCUT2D eigenvalue weighted by atomic mass is 35.5. The maximum atomic E-state index is 12.2. The lowest BCUT2D eigenvalue weighted by atomic mass is 10.0. The minimum absolute atomic E-state index is 0. The van der Waals surface area contributed by atoms with Gasteiger partial charge in [-0.2, -0.15) is 26.3 Å². The van der Waals surface area contributed by atoms with Gasteiger partial charge < -0.3 is 10.8 Å². The Hall–Kier alpha value is -0.990. The van der Waals surface area contributed by atoms with Gasteiger partial charge in [-0.1, -0.05) is 12.1 Å². The van der Waals surface area contributed by atoms with E-state index in [9.17, 15) is 26.3 Å².